The van der Waals surface area contributed by atoms with Crippen molar-refractivity contribution >= 4 is 28.6 Å². The van der Waals surface area contributed by atoms with Gasteiger partial charge in [-0.1, -0.05) is 6.07 Å². The van der Waals surface area contributed by atoms with E-state index in [-0.39, 0.29) is 11.9 Å². The van der Waals surface area contributed by atoms with Crippen LogP contribution in [0.3, 0.4) is 0 Å². The molecule has 7 heteroatoms. The van der Waals surface area contributed by atoms with Crippen molar-refractivity contribution < 1.29 is 14.3 Å². The van der Waals surface area contributed by atoms with Gasteiger partial charge in [-0.05, 0) is 66.2 Å². The number of carbonyl (C=O) groups excluding carboxylic acids is 1. The molecule has 30 heavy (non-hydrogen) atoms. The Kier molecular flexibility index (Phi) is 6.72. The number of nitrogens with zero attached hydrogens (tertiary/aromatic N) is 2. The van der Waals surface area contributed by atoms with Crippen LogP contribution in [-0.4, -0.2) is 56.1 Å². The van der Waals surface area contributed by atoms with Crippen molar-refractivity contribution in [3.63, 3.8) is 0 Å². The molecule has 4 rings (SSSR count). The number of thiophene rings is 2. The first-order valence-corrected chi connectivity index (χ1v) is 11.8. The van der Waals surface area contributed by atoms with Crippen molar-refractivity contribution in [1.82, 2.24) is 9.80 Å². The lowest BCUT2D eigenvalue weighted by Crippen LogP contribution is -2.45. The van der Waals surface area contributed by atoms with Gasteiger partial charge in [-0.15, -0.1) is 22.7 Å². The van der Waals surface area contributed by atoms with Crippen LogP contribution in [-0.2, 0) is 11.2 Å². The number of rotatable bonds is 8. The van der Waals surface area contributed by atoms with Crippen LogP contribution in [0.25, 0.3) is 0 Å². The predicted molar refractivity (Wildman–Crippen MR) is 122 cm³/mol. The van der Waals surface area contributed by atoms with Crippen molar-refractivity contribution in [2.75, 3.05) is 40.4 Å². The summed E-state index contributed by atoms with van der Waals surface area (Å²) in [6.45, 7) is 2.36. The highest BCUT2D eigenvalue weighted by Gasteiger charge is 2.33. The summed E-state index contributed by atoms with van der Waals surface area (Å²) in [6, 6.07) is 13.9. The van der Waals surface area contributed by atoms with E-state index in [0.29, 0.717) is 19.7 Å². The zero-order valence-corrected chi connectivity index (χ0v) is 18.9. The fourth-order valence-corrected chi connectivity index (χ4v) is 5.49. The van der Waals surface area contributed by atoms with Crippen LogP contribution in [0.5, 0.6) is 11.5 Å². The summed E-state index contributed by atoms with van der Waals surface area (Å²) < 4.78 is 11.0. The Bertz CT molecular complexity index is 953. The van der Waals surface area contributed by atoms with Gasteiger partial charge in [0.2, 0.25) is 5.91 Å². The van der Waals surface area contributed by atoms with Crippen molar-refractivity contribution in [1.29, 1.82) is 0 Å². The zero-order chi connectivity index (χ0) is 20.9. The first kappa shape index (κ1) is 20.9. The first-order valence-electron chi connectivity index (χ1n) is 10.00. The average Bonchev–Trinajstić information content (AvgIpc) is 3.45. The molecule has 1 amide bonds. The molecule has 0 spiro atoms. The standard InChI is InChI=1S/C23H26N2O3S2/c1-24(12-13-28-18-7-5-17(27-2)6-8-18)16-22(26)25-11-9-20-19(10-15-30-20)23(25)21-4-3-14-29-21/h3-8,10,14-15,23H,9,11-13,16H2,1-2H3/t23-/m1/s1. The molecule has 0 saturated carbocycles. The van der Waals surface area contributed by atoms with Gasteiger partial charge >= 0.3 is 0 Å². The molecule has 1 aliphatic rings. The quantitative estimate of drug-likeness (QED) is 0.522. The molecule has 3 heterocycles. The summed E-state index contributed by atoms with van der Waals surface area (Å²) in [5.41, 5.74) is 1.28. The molecule has 0 N–H and O–H groups in total. The topological polar surface area (TPSA) is 42.0 Å². The molecule has 1 aromatic carbocycles. The fourth-order valence-electron chi connectivity index (χ4n) is 3.73. The highest BCUT2D eigenvalue weighted by atomic mass is 32.1. The van der Waals surface area contributed by atoms with Crippen molar-refractivity contribution in [3.8, 4) is 11.5 Å². The van der Waals surface area contributed by atoms with Crippen LogP contribution in [0, 0.1) is 0 Å². The number of benzene rings is 1. The maximum absolute atomic E-state index is 13.2. The highest BCUT2D eigenvalue weighted by Crippen LogP contribution is 2.39. The van der Waals surface area contributed by atoms with Crippen LogP contribution in [0.15, 0.2) is 53.2 Å². The molecule has 0 saturated heterocycles. The van der Waals surface area contributed by atoms with E-state index < -0.39 is 0 Å². The van der Waals surface area contributed by atoms with Crippen molar-refractivity contribution in [2.24, 2.45) is 0 Å². The van der Waals surface area contributed by atoms with E-state index in [2.05, 4.69) is 29.0 Å². The number of methoxy groups -OCH3 is 1. The third kappa shape index (κ3) is 4.69. The van der Waals surface area contributed by atoms with Crippen LogP contribution in [0.4, 0.5) is 0 Å². The molecule has 1 aliphatic heterocycles. The number of hydrogen-bond acceptors (Lipinski definition) is 6. The van der Waals surface area contributed by atoms with Gasteiger partial charge in [0.05, 0.1) is 19.7 Å². The number of likely N-dealkylation sites (N-methyl/N-ethyl adjacent to an activating group) is 1. The number of amides is 1. The molecular weight excluding hydrogens is 416 g/mol. The maximum atomic E-state index is 13.2. The van der Waals surface area contributed by atoms with E-state index in [0.717, 1.165) is 24.5 Å². The minimum Gasteiger partial charge on any atom is -0.497 e. The van der Waals surface area contributed by atoms with Crippen molar-refractivity contribution in [2.45, 2.75) is 12.5 Å². The van der Waals surface area contributed by atoms with Gasteiger partial charge in [0.25, 0.3) is 0 Å². The molecule has 0 fully saturated rings. The molecular formula is C23H26N2O3S2. The number of hydrogen-bond donors (Lipinski definition) is 0. The molecule has 0 bridgehead atoms. The number of carbonyl (C=O) groups is 1. The molecule has 158 valence electrons. The average molecular weight is 443 g/mol. The Morgan fingerprint density at radius 1 is 1.13 bits per heavy atom. The minimum absolute atomic E-state index is 0.0384. The lowest BCUT2D eigenvalue weighted by molar-refractivity contribution is -0.134. The summed E-state index contributed by atoms with van der Waals surface area (Å²) in [5, 5.41) is 4.23. The minimum atomic E-state index is 0.0384. The van der Waals surface area contributed by atoms with Gasteiger partial charge in [-0.3, -0.25) is 9.69 Å². The smallest absolute Gasteiger partial charge is 0.237 e. The van der Waals surface area contributed by atoms with Crippen LogP contribution in [0.2, 0.25) is 0 Å². The highest BCUT2D eigenvalue weighted by molar-refractivity contribution is 7.10. The third-order valence-electron chi connectivity index (χ3n) is 5.31. The van der Waals surface area contributed by atoms with E-state index >= 15 is 0 Å². The van der Waals surface area contributed by atoms with E-state index in [1.807, 2.05) is 41.1 Å². The second-order valence-electron chi connectivity index (χ2n) is 7.32. The van der Waals surface area contributed by atoms with Crippen LogP contribution >= 0.6 is 22.7 Å². The van der Waals surface area contributed by atoms with E-state index in [1.165, 1.54) is 15.3 Å². The summed E-state index contributed by atoms with van der Waals surface area (Å²) >= 11 is 3.52. The molecule has 0 unspecified atom stereocenters. The van der Waals surface area contributed by atoms with Gasteiger partial charge in [0.15, 0.2) is 0 Å². The Balaban J connectivity index is 1.34. The molecule has 3 aromatic rings. The van der Waals surface area contributed by atoms with E-state index in [9.17, 15) is 4.79 Å². The second-order valence-corrected chi connectivity index (χ2v) is 9.30. The normalized spacial score (nSPS) is 15.8. The van der Waals surface area contributed by atoms with Gasteiger partial charge in [-0.25, -0.2) is 0 Å². The Labute approximate surface area is 185 Å². The molecule has 2 aromatic heterocycles. The van der Waals surface area contributed by atoms with Crippen LogP contribution < -0.4 is 9.47 Å². The molecule has 0 aliphatic carbocycles. The van der Waals surface area contributed by atoms with Gasteiger partial charge in [-0.2, -0.15) is 0 Å². The van der Waals surface area contributed by atoms with Gasteiger partial charge in [0, 0.05) is 22.8 Å². The summed E-state index contributed by atoms with van der Waals surface area (Å²) in [7, 11) is 3.61. The molecule has 0 radical (unpaired) electrons. The summed E-state index contributed by atoms with van der Waals surface area (Å²) in [4.78, 5) is 19.9. The van der Waals surface area contributed by atoms with E-state index in [1.54, 1.807) is 29.8 Å². The monoisotopic (exact) mass is 442 g/mol. The first-order chi connectivity index (χ1) is 14.7. The summed E-state index contributed by atoms with van der Waals surface area (Å²) in [5.74, 6) is 1.77. The zero-order valence-electron chi connectivity index (χ0n) is 17.2. The Morgan fingerprint density at radius 2 is 1.93 bits per heavy atom. The Morgan fingerprint density at radius 3 is 2.67 bits per heavy atom. The van der Waals surface area contributed by atoms with Crippen LogP contribution in [0.1, 0.15) is 21.4 Å². The van der Waals surface area contributed by atoms with Gasteiger partial charge < -0.3 is 14.4 Å². The van der Waals surface area contributed by atoms with Crippen molar-refractivity contribution in [3.05, 3.63) is 68.5 Å². The Hall–Kier alpha value is -2.35. The summed E-state index contributed by atoms with van der Waals surface area (Å²) in [6.07, 6.45) is 0.935. The third-order valence-corrected chi connectivity index (χ3v) is 7.23. The number of fused-ring (bicyclic) bond motifs is 1. The molecule has 1 atom stereocenters. The largest absolute Gasteiger partial charge is 0.497 e. The lowest BCUT2D eigenvalue weighted by Gasteiger charge is -2.36. The van der Waals surface area contributed by atoms with Gasteiger partial charge in [0.1, 0.15) is 18.1 Å². The second kappa shape index (κ2) is 9.64. The van der Waals surface area contributed by atoms with E-state index in [4.69, 9.17) is 9.47 Å². The SMILES string of the molecule is COc1ccc(OCCN(C)CC(=O)N2CCc3sccc3[C@@H]2c2cccs2)cc1. The lowest BCUT2D eigenvalue weighted by atomic mass is 9.98. The maximum Gasteiger partial charge on any atom is 0.237 e. The fraction of sp³-hybridized carbons (Fsp3) is 0.348. The predicted octanol–water partition coefficient (Wildman–Crippen LogP) is 4.30. The number of ether oxygens (including phenoxy) is 2. The molecule has 5 nitrogen and oxygen atoms in total.